The Morgan fingerprint density at radius 2 is 0.611 bits per heavy atom. The van der Waals surface area contributed by atoms with Gasteiger partial charge in [0.2, 0.25) is 0 Å². The molecule has 0 aliphatic rings. The Kier molecular flexibility index (Phi) is 41.3. The molecular formula is C48H92O6. The summed E-state index contributed by atoms with van der Waals surface area (Å²) < 4.78 is 16.7. The van der Waals surface area contributed by atoms with Gasteiger partial charge in [-0.2, -0.15) is 0 Å². The zero-order valence-electron chi connectivity index (χ0n) is 36.7. The van der Waals surface area contributed by atoms with Gasteiger partial charge in [0.1, 0.15) is 13.2 Å². The number of hydrogen-bond acceptors (Lipinski definition) is 6. The molecule has 0 fully saturated rings. The number of rotatable bonds is 43. The highest BCUT2D eigenvalue weighted by atomic mass is 16.6. The summed E-state index contributed by atoms with van der Waals surface area (Å²) in [7, 11) is 0. The highest BCUT2D eigenvalue weighted by molar-refractivity contribution is 5.71. The Morgan fingerprint density at radius 1 is 0.352 bits per heavy atom. The fourth-order valence-corrected chi connectivity index (χ4v) is 7.16. The maximum atomic E-state index is 12.7. The van der Waals surface area contributed by atoms with Gasteiger partial charge in [-0.05, 0) is 25.2 Å². The fourth-order valence-electron chi connectivity index (χ4n) is 7.16. The monoisotopic (exact) mass is 765 g/mol. The van der Waals surface area contributed by atoms with Crippen LogP contribution < -0.4 is 0 Å². The minimum Gasteiger partial charge on any atom is -0.462 e. The van der Waals surface area contributed by atoms with Crippen LogP contribution in [0.15, 0.2) is 0 Å². The van der Waals surface area contributed by atoms with Crippen molar-refractivity contribution < 1.29 is 28.6 Å². The van der Waals surface area contributed by atoms with Crippen molar-refractivity contribution in [3.05, 3.63) is 0 Å². The predicted octanol–water partition coefficient (Wildman–Crippen LogP) is 15.1. The first kappa shape index (κ1) is 52.4. The third-order valence-corrected chi connectivity index (χ3v) is 10.8. The predicted molar refractivity (Wildman–Crippen MR) is 229 cm³/mol. The minimum atomic E-state index is -0.759. The number of esters is 3. The highest BCUT2D eigenvalue weighted by Crippen LogP contribution is 2.16. The summed E-state index contributed by atoms with van der Waals surface area (Å²) in [5.41, 5.74) is 0. The molecule has 6 nitrogen and oxygen atoms in total. The van der Waals surface area contributed by atoms with Crippen molar-refractivity contribution in [3.8, 4) is 0 Å². The van der Waals surface area contributed by atoms with E-state index in [4.69, 9.17) is 14.2 Å². The molecule has 0 saturated heterocycles. The largest absolute Gasteiger partial charge is 0.462 e. The Morgan fingerprint density at radius 3 is 0.907 bits per heavy atom. The molecule has 0 aromatic heterocycles. The quantitative estimate of drug-likeness (QED) is 0.0349. The third kappa shape index (κ3) is 41.6. The molecule has 54 heavy (non-hydrogen) atoms. The average molecular weight is 765 g/mol. The van der Waals surface area contributed by atoms with Crippen LogP contribution in [0.25, 0.3) is 0 Å². The van der Waals surface area contributed by atoms with Gasteiger partial charge < -0.3 is 14.2 Å². The van der Waals surface area contributed by atoms with Crippen molar-refractivity contribution in [2.24, 2.45) is 5.92 Å². The molecule has 0 aliphatic carbocycles. The maximum absolute atomic E-state index is 12.7. The zero-order valence-corrected chi connectivity index (χ0v) is 36.7. The molecule has 6 heteroatoms. The summed E-state index contributed by atoms with van der Waals surface area (Å²) in [6, 6.07) is 0. The fraction of sp³-hybridized carbons (Fsp3) is 0.938. The van der Waals surface area contributed by atoms with Gasteiger partial charge in [-0.3, -0.25) is 14.4 Å². The lowest BCUT2D eigenvalue weighted by molar-refractivity contribution is -0.167. The van der Waals surface area contributed by atoms with Crippen LogP contribution in [0.5, 0.6) is 0 Å². The topological polar surface area (TPSA) is 78.9 Å². The summed E-state index contributed by atoms with van der Waals surface area (Å²) in [5, 5.41) is 0. The molecule has 320 valence electrons. The van der Waals surface area contributed by atoms with Crippen molar-refractivity contribution in [3.63, 3.8) is 0 Å². The van der Waals surface area contributed by atoms with E-state index in [0.717, 1.165) is 63.7 Å². The second kappa shape index (κ2) is 42.6. The van der Waals surface area contributed by atoms with Crippen molar-refractivity contribution in [1.82, 2.24) is 0 Å². The second-order valence-corrected chi connectivity index (χ2v) is 16.9. The lowest BCUT2D eigenvalue weighted by Gasteiger charge is -2.18. The Bertz CT molecular complexity index is 811. The van der Waals surface area contributed by atoms with E-state index in [0.29, 0.717) is 19.3 Å². The maximum Gasteiger partial charge on any atom is 0.306 e. The number of unbranched alkanes of at least 4 members (excludes halogenated alkanes) is 30. The lowest BCUT2D eigenvalue weighted by Crippen LogP contribution is -2.30. The molecule has 0 spiro atoms. The van der Waals surface area contributed by atoms with Crippen molar-refractivity contribution in [1.29, 1.82) is 0 Å². The molecule has 0 rings (SSSR count). The van der Waals surface area contributed by atoms with Gasteiger partial charge in [0.05, 0.1) is 0 Å². The van der Waals surface area contributed by atoms with Gasteiger partial charge in [0, 0.05) is 19.3 Å². The first-order valence-corrected chi connectivity index (χ1v) is 23.9. The normalized spacial score (nSPS) is 11.9. The van der Waals surface area contributed by atoms with Crippen LogP contribution in [0.1, 0.15) is 265 Å². The average Bonchev–Trinajstić information content (AvgIpc) is 3.15. The molecule has 0 radical (unpaired) electrons. The Balaban J connectivity index is 4.33. The standard InChI is InChI=1S/C48H92O6/c1-5-7-9-11-13-15-17-19-21-23-29-33-37-41-48(51)54-45(43-53-47(50)40-36-32-28-25-24-26-30-34-38-44(3)4)42-52-46(49)39-35-31-27-22-20-18-16-14-12-10-8-6-2/h44-45H,5-43H2,1-4H3/t45-/m1/s1. The third-order valence-electron chi connectivity index (χ3n) is 10.8. The van der Waals surface area contributed by atoms with E-state index in [9.17, 15) is 14.4 Å². The molecule has 0 unspecified atom stereocenters. The minimum absolute atomic E-state index is 0.0636. The number of carbonyl (C=O) groups excluding carboxylic acids is 3. The zero-order chi connectivity index (χ0) is 39.6. The van der Waals surface area contributed by atoms with E-state index in [-0.39, 0.29) is 31.1 Å². The van der Waals surface area contributed by atoms with E-state index < -0.39 is 6.10 Å². The van der Waals surface area contributed by atoms with Crippen LogP contribution in [0, 0.1) is 5.92 Å². The van der Waals surface area contributed by atoms with E-state index in [2.05, 4.69) is 27.7 Å². The van der Waals surface area contributed by atoms with Gasteiger partial charge in [0.15, 0.2) is 6.10 Å². The van der Waals surface area contributed by atoms with E-state index in [1.807, 2.05) is 0 Å². The van der Waals surface area contributed by atoms with Crippen LogP contribution in [-0.2, 0) is 28.6 Å². The number of ether oxygens (including phenoxy) is 3. The second-order valence-electron chi connectivity index (χ2n) is 16.9. The van der Waals surface area contributed by atoms with Crippen LogP contribution in [0.2, 0.25) is 0 Å². The molecule has 0 aromatic carbocycles. The first-order chi connectivity index (χ1) is 26.4. The van der Waals surface area contributed by atoms with Gasteiger partial charge in [0.25, 0.3) is 0 Å². The molecular weight excluding hydrogens is 673 g/mol. The van der Waals surface area contributed by atoms with E-state index in [1.54, 1.807) is 0 Å². The van der Waals surface area contributed by atoms with Gasteiger partial charge in [-0.15, -0.1) is 0 Å². The van der Waals surface area contributed by atoms with Crippen LogP contribution >= 0.6 is 0 Å². The molecule has 0 heterocycles. The molecule has 0 amide bonds. The van der Waals surface area contributed by atoms with Crippen molar-refractivity contribution >= 4 is 17.9 Å². The van der Waals surface area contributed by atoms with E-state index in [1.165, 1.54) is 161 Å². The SMILES string of the molecule is CCCCCCCCCCCCCCCC(=O)O[C@H](COC(=O)CCCCCCCCCCCCCC)COC(=O)CCCCCCCCCCC(C)C. The van der Waals surface area contributed by atoms with Crippen molar-refractivity contribution in [2.75, 3.05) is 13.2 Å². The smallest absolute Gasteiger partial charge is 0.306 e. The number of carbonyl (C=O) groups is 3. The van der Waals surface area contributed by atoms with Gasteiger partial charge >= 0.3 is 17.9 Å². The van der Waals surface area contributed by atoms with Crippen LogP contribution in [-0.4, -0.2) is 37.2 Å². The van der Waals surface area contributed by atoms with Gasteiger partial charge in [-0.25, -0.2) is 0 Å². The number of hydrogen-bond donors (Lipinski definition) is 0. The molecule has 0 bridgehead atoms. The summed E-state index contributed by atoms with van der Waals surface area (Å²) >= 11 is 0. The van der Waals surface area contributed by atoms with Crippen LogP contribution in [0.4, 0.5) is 0 Å². The highest BCUT2D eigenvalue weighted by Gasteiger charge is 2.19. The van der Waals surface area contributed by atoms with Gasteiger partial charge in [-0.1, -0.05) is 227 Å². The molecule has 1 atom stereocenters. The molecule has 0 saturated carbocycles. The first-order valence-electron chi connectivity index (χ1n) is 23.9. The summed E-state index contributed by atoms with van der Waals surface area (Å²) in [4.78, 5) is 37.8. The molecule has 0 N–H and O–H groups in total. The summed E-state index contributed by atoms with van der Waals surface area (Å²) in [6.07, 6.45) is 42.3. The lowest BCUT2D eigenvalue weighted by atomic mass is 10.0. The molecule has 0 aliphatic heterocycles. The Labute approximate surface area is 336 Å². The summed E-state index contributed by atoms with van der Waals surface area (Å²) in [5.74, 6) is -0.0554. The molecule has 0 aromatic rings. The summed E-state index contributed by atoms with van der Waals surface area (Å²) in [6.45, 7) is 8.97. The van der Waals surface area contributed by atoms with Crippen LogP contribution in [0.3, 0.4) is 0 Å². The Hall–Kier alpha value is -1.59. The van der Waals surface area contributed by atoms with E-state index >= 15 is 0 Å². The van der Waals surface area contributed by atoms with Crippen molar-refractivity contribution in [2.45, 2.75) is 271 Å².